The molecule has 0 aromatic heterocycles. The van der Waals surface area contributed by atoms with Crippen molar-refractivity contribution in [3.63, 3.8) is 0 Å². The predicted octanol–water partition coefficient (Wildman–Crippen LogP) is -3.68. The molecular weight excluding hydrogens is 642 g/mol. The summed E-state index contributed by atoms with van der Waals surface area (Å²) in [4.78, 5) is 125. The number of rotatable bonds is 9. The highest BCUT2D eigenvalue weighted by Crippen LogP contribution is 2.08. The molecule has 10 N–H and O–H groups in total. The fraction of sp³-hybridized carbons (Fsp3) is 0.643. The summed E-state index contributed by atoms with van der Waals surface area (Å²) in [6.07, 6.45) is -3.36. The molecule has 0 bridgehead atoms. The smallest absolute Gasteiger partial charge is 0.305 e. The standard InChI is InChI=1S/C28H43N7O13/c1-12(2)9-16-28(48)35-18(11-22(41)42)26(46)30-13(3)23(43)29-8-7-19(36)32-15(5-6-20(37)38)25(45)34-17(10-21(39)40)27(47)31-14(4)24(44)33-16/h12-18H,5-11H2,1-4H3,(H,29,43)(H,30,46)(H,31,47)(H,32,36)(H,33,44)(H,34,45)(H,35,48)(H,37,38)(H,39,40)(H,41,42)/t13-,14+,15+,16-,17-,18+/m1/s1. The predicted molar refractivity (Wildman–Crippen MR) is 161 cm³/mol. The number of carbonyl (C=O) groups excluding carboxylic acids is 7. The molecule has 0 unspecified atom stereocenters. The Morgan fingerprint density at radius 3 is 1.50 bits per heavy atom. The summed E-state index contributed by atoms with van der Waals surface area (Å²) in [6, 6.07) is -9.06. The zero-order valence-electron chi connectivity index (χ0n) is 26.9. The Kier molecular flexibility index (Phi) is 16.4. The molecule has 1 saturated heterocycles. The van der Waals surface area contributed by atoms with Crippen LogP contribution in [0.25, 0.3) is 0 Å². The number of carboxylic acid groups (broad SMARTS) is 3. The number of hydrogen-bond donors (Lipinski definition) is 10. The Morgan fingerprint density at radius 1 is 0.604 bits per heavy atom. The van der Waals surface area contributed by atoms with Crippen LogP contribution in [0.5, 0.6) is 0 Å². The van der Waals surface area contributed by atoms with Gasteiger partial charge in [-0.2, -0.15) is 0 Å². The maximum atomic E-state index is 13.2. The fourth-order valence-electron chi connectivity index (χ4n) is 4.33. The molecule has 0 radical (unpaired) electrons. The van der Waals surface area contributed by atoms with Gasteiger partial charge in [0, 0.05) is 19.4 Å². The summed E-state index contributed by atoms with van der Waals surface area (Å²) in [5.74, 6) is -11.4. The van der Waals surface area contributed by atoms with Crippen molar-refractivity contribution in [3.05, 3.63) is 0 Å². The van der Waals surface area contributed by atoms with Crippen molar-refractivity contribution >= 4 is 59.3 Å². The van der Waals surface area contributed by atoms with Crippen LogP contribution in [0.2, 0.25) is 0 Å². The summed E-state index contributed by atoms with van der Waals surface area (Å²) < 4.78 is 0. The lowest BCUT2D eigenvalue weighted by Crippen LogP contribution is -2.59. The molecule has 0 spiro atoms. The molecule has 0 saturated carbocycles. The first kappa shape index (κ1) is 40.7. The summed E-state index contributed by atoms with van der Waals surface area (Å²) in [5.41, 5.74) is 0. The Labute approximate surface area is 274 Å². The SMILES string of the molecule is CC(C)C[C@H]1NC(=O)[C@H](C)NC(=O)[C@@H](CC(=O)O)NC(=O)[C@H](CCC(=O)O)NC(=O)CCNC(=O)[C@@H](C)NC(=O)[C@H](CC(=O)O)NC1=O. The number of hydrogen-bond acceptors (Lipinski definition) is 10. The molecule has 1 heterocycles. The summed E-state index contributed by atoms with van der Waals surface area (Å²) >= 11 is 0. The van der Waals surface area contributed by atoms with E-state index >= 15 is 0 Å². The van der Waals surface area contributed by atoms with Crippen molar-refractivity contribution in [2.24, 2.45) is 5.92 Å². The first-order valence-corrected chi connectivity index (χ1v) is 15.0. The number of nitrogens with one attached hydrogen (secondary N) is 7. The third-order valence-corrected chi connectivity index (χ3v) is 6.82. The van der Waals surface area contributed by atoms with E-state index in [0.29, 0.717) is 0 Å². The van der Waals surface area contributed by atoms with Crippen LogP contribution in [0, 0.1) is 5.92 Å². The van der Waals surface area contributed by atoms with Crippen LogP contribution in [-0.2, 0) is 47.9 Å². The van der Waals surface area contributed by atoms with E-state index in [2.05, 4.69) is 37.2 Å². The van der Waals surface area contributed by atoms with Crippen molar-refractivity contribution < 1.29 is 63.3 Å². The lowest BCUT2D eigenvalue weighted by atomic mass is 10.0. The minimum absolute atomic E-state index is 0.000390. The molecule has 0 aromatic rings. The Morgan fingerprint density at radius 2 is 1.04 bits per heavy atom. The quantitative estimate of drug-likeness (QED) is 0.112. The average Bonchev–Trinajstić information content (AvgIpc) is 2.96. The van der Waals surface area contributed by atoms with Crippen LogP contribution in [0.4, 0.5) is 0 Å². The average molecular weight is 686 g/mol. The van der Waals surface area contributed by atoms with E-state index in [1.165, 1.54) is 13.8 Å². The van der Waals surface area contributed by atoms with Crippen molar-refractivity contribution in [2.75, 3.05) is 6.54 Å². The molecule has 268 valence electrons. The molecular formula is C28H43N7O13. The van der Waals surface area contributed by atoms with E-state index in [1.807, 2.05) is 0 Å². The van der Waals surface area contributed by atoms with E-state index in [9.17, 15) is 58.2 Å². The van der Waals surface area contributed by atoms with E-state index in [4.69, 9.17) is 5.11 Å². The van der Waals surface area contributed by atoms with Crippen LogP contribution >= 0.6 is 0 Å². The minimum atomic E-state index is -1.79. The Bertz CT molecular complexity index is 1270. The molecule has 1 aliphatic rings. The Hall–Kier alpha value is -5.30. The van der Waals surface area contributed by atoms with E-state index in [0.717, 1.165) is 0 Å². The van der Waals surface area contributed by atoms with Gasteiger partial charge in [-0.3, -0.25) is 47.9 Å². The van der Waals surface area contributed by atoms with Gasteiger partial charge in [0.15, 0.2) is 0 Å². The lowest BCUT2D eigenvalue weighted by molar-refractivity contribution is -0.142. The summed E-state index contributed by atoms with van der Waals surface area (Å²) in [6.45, 7) is 5.53. The third kappa shape index (κ3) is 14.9. The van der Waals surface area contributed by atoms with E-state index in [-0.39, 0.29) is 18.9 Å². The molecule has 20 heteroatoms. The maximum absolute atomic E-state index is 13.2. The van der Waals surface area contributed by atoms with Gasteiger partial charge in [0.2, 0.25) is 41.4 Å². The van der Waals surface area contributed by atoms with Crippen molar-refractivity contribution in [2.45, 2.75) is 102 Å². The number of aliphatic carboxylic acids is 3. The normalized spacial score (nSPS) is 25.8. The van der Waals surface area contributed by atoms with Crippen LogP contribution in [0.1, 0.15) is 66.2 Å². The number of carbonyl (C=O) groups is 10. The van der Waals surface area contributed by atoms with Crippen LogP contribution in [0.3, 0.4) is 0 Å². The van der Waals surface area contributed by atoms with Gasteiger partial charge < -0.3 is 52.5 Å². The van der Waals surface area contributed by atoms with Crippen molar-refractivity contribution in [3.8, 4) is 0 Å². The van der Waals surface area contributed by atoms with E-state index in [1.54, 1.807) is 13.8 Å². The monoisotopic (exact) mass is 685 g/mol. The number of carboxylic acids is 3. The van der Waals surface area contributed by atoms with E-state index < -0.39 is 128 Å². The molecule has 20 nitrogen and oxygen atoms in total. The second-order valence-corrected chi connectivity index (χ2v) is 11.6. The second-order valence-electron chi connectivity index (χ2n) is 11.6. The Balaban J connectivity index is 3.48. The molecule has 1 fully saturated rings. The number of amides is 7. The van der Waals surface area contributed by atoms with Crippen molar-refractivity contribution in [1.29, 1.82) is 0 Å². The van der Waals surface area contributed by atoms with Gasteiger partial charge in [0.1, 0.15) is 36.3 Å². The zero-order chi connectivity index (χ0) is 36.7. The highest BCUT2D eigenvalue weighted by atomic mass is 16.4. The highest BCUT2D eigenvalue weighted by molar-refractivity contribution is 5.98. The van der Waals surface area contributed by atoms with Gasteiger partial charge in [-0.1, -0.05) is 13.8 Å². The van der Waals surface area contributed by atoms with Gasteiger partial charge in [-0.05, 0) is 32.6 Å². The first-order chi connectivity index (χ1) is 22.3. The lowest BCUT2D eigenvalue weighted by Gasteiger charge is -2.26. The molecule has 1 rings (SSSR count). The molecule has 7 amide bonds. The van der Waals surface area contributed by atoms with Gasteiger partial charge in [-0.15, -0.1) is 0 Å². The zero-order valence-corrected chi connectivity index (χ0v) is 26.9. The largest absolute Gasteiger partial charge is 0.481 e. The van der Waals surface area contributed by atoms with Crippen LogP contribution in [-0.4, -0.2) is 117 Å². The molecule has 48 heavy (non-hydrogen) atoms. The van der Waals surface area contributed by atoms with Crippen LogP contribution in [0.15, 0.2) is 0 Å². The minimum Gasteiger partial charge on any atom is -0.481 e. The van der Waals surface area contributed by atoms with Gasteiger partial charge >= 0.3 is 17.9 Å². The molecule has 6 atom stereocenters. The van der Waals surface area contributed by atoms with Gasteiger partial charge in [0.25, 0.3) is 0 Å². The highest BCUT2D eigenvalue weighted by Gasteiger charge is 2.33. The topological polar surface area (TPSA) is 316 Å². The molecule has 0 aliphatic carbocycles. The second kappa shape index (κ2) is 19.4. The first-order valence-electron chi connectivity index (χ1n) is 15.0. The molecule has 0 aromatic carbocycles. The summed E-state index contributed by atoms with van der Waals surface area (Å²) in [7, 11) is 0. The van der Waals surface area contributed by atoms with Crippen LogP contribution < -0.4 is 37.2 Å². The van der Waals surface area contributed by atoms with Gasteiger partial charge in [-0.25, -0.2) is 0 Å². The third-order valence-electron chi connectivity index (χ3n) is 6.82. The summed E-state index contributed by atoms with van der Waals surface area (Å²) in [5, 5.41) is 43.7. The molecule has 1 aliphatic heterocycles. The fourth-order valence-corrected chi connectivity index (χ4v) is 4.33. The van der Waals surface area contributed by atoms with Gasteiger partial charge in [0.05, 0.1) is 12.8 Å². The van der Waals surface area contributed by atoms with Crippen molar-refractivity contribution in [1.82, 2.24) is 37.2 Å². The maximum Gasteiger partial charge on any atom is 0.305 e.